The van der Waals surface area contributed by atoms with Gasteiger partial charge in [-0.25, -0.2) is 10.4 Å². The van der Waals surface area contributed by atoms with Gasteiger partial charge in [-0.2, -0.15) is 10.1 Å². The zero-order valence-corrected chi connectivity index (χ0v) is 19.6. The quantitative estimate of drug-likeness (QED) is 0.401. The van der Waals surface area contributed by atoms with Crippen molar-refractivity contribution in [2.75, 3.05) is 49.7 Å². The lowest BCUT2D eigenvalue weighted by atomic mass is 10.2. The molecular formula is C25H31N7O2. The van der Waals surface area contributed by atoms with E-state index >= 15 is 0 Å². The first-order valence-corrected chi connectivity index (χ1v) is 11.8. The maximum absolute atomic E-state index is 12.0. The maximum Gasteiger partial charge on any atom is 0.246 e. The molecular weight excluding hydrogens is 430 g/mol. The molecule has 0 unspecified atom stereocenters. The smallest absolute Gasteiger partial charge is 0.246 e. The van der Waals surface area contributed by atoms with Crippen LogP contribution in [0.25, 0.3) is 0 Å². The average molecular weight is 462 g/mol. The highest BCUT2D eigenvalue weighted by atomic mass is 16.5. The number of anilines is 2. The third-order valence-electron chi connectivity index (χ3n) is 6.68. The fourth-order valence-corrected chi connectivity index (χ4v) is 4.89. The van der Waals surface area contributed by atoms with E-state index in [1.54, 1.807) is 6.21 Å². The largest absolute Gasteiger partial charge is 0.378 e. The molecule has 178 valence electrons. The lowest BCUT2D eigenvalue weighted by Gasteiger charge is -2.29. The fourth-order valence-electron chi connectivity index (χ4n) is 4.89. The van der Waals surface area contributed by atoms with Crippen LogP contribution >= 0.6 is 0 Å². The van der Waals surface area contributed by atoms with Crippen molar-refractivity contribution in [2.24, 2.45) is 5.10 Å². The molecule has 9 heteroatoms. The highest BCUT2D eigenvalue weighted by Gasteiger charge is 2.35. The van der Waals surface area contributed by atoms with Crippen LogP contribution in [0.2, 0.25) is 0 Å². The number of hydrogen-bond donors (Lipinski definition) is 1. The van der Waals surface area contributed by atoms with Crippen molar-refractivity contribution in [3.05, 3.63) is 59.3 Å². The van der Waals surface area contributed by atoms with Crippen LogP contribution in [-0.2, 0) is 22.6 Å². The first-order chi connectivity index (χ1) is 16.6. The van der Waals surface area contributed by atoms with Crippen molar-refractivity contribution in [1.82, 2.24) is 19.8 Å². The summed E-state index contributed by atoms with van der Waals surface area (Å²) >= 11 is 0. The van der Waals surface area contributed by atoms with E-state index in [1.807, 2.05) is 17.0 Å². The van der Waals surface area contributed by atoms with Gasteiger partial charge in [0.15, 0.2) is 0 Å². The number of fused-ring (bicyclic) bond motifs is 1. The lowest BCUT2D eigenvalue weighted by molar-refractivity contribution is -0.125. The van der Waals surface area contributed by atoms with Crippen LogP contribution in [0.15, 0.2) is 42.0 Å². The number of hydrogen-bond acceptors (Lipinski definition) is 8. The molecule has 2 aromatic rings. The van der Waals surface area contributed by atoms with Gasteiger partial charge in [-0.15, -0.1) is 0 Å². The molecule has 3 aliphatic heterocycles. The Morgan fingerprint density at radius 1 is 1.24 bits per heavy atom. The van der Waals surface area contributed by atoms with Gasteiger partial charge >= 0.3 is 0 Å². The molecule has 2 fully saturated rings. The molecule has 1 amide bonds. The highest BCUT2D eigenvalue weighted by molar-refractivity contribution is 5.87. The van der Waals surface area contributed by atoms with Crippen LogP contribution in [0.1, 0.15) is 28.8 Å². The predicted molar refractivity (Wildman–Crippen MR) is 132 cm³/mol. The van der Waals surface area contributed by atoms with Gasteiger partial charge in [0, 0.05) is 50.9 Å². The standard InChI is InChI=1S/C25H31N7O2/c1-3-23(33)31-8-7-20(15-31)32-16-21-22(17-32)27-25(28-24(21)30-9-11-34-12-10-30)29-26-14-19-6-4-5-18(2)13-19/h3-6,13-14,20H,1,7-12,15-17H2,2H3,(H,27,28,29)/b26-14+/t20-/m0/s1. The zero-order chi connectivity index (χ0) is 23.5. The number of aromatic nitrogens is 2. The van der Waals surface area contributed by atoms with E-state index in [9.17, 15) is 4.79 Å². The Bertz CT molecular complexity index is 1100. The molecule has 0 spiro atoms. The molecule has 4 heterocycles. The first kappa shape index (κ1) is 22.5. The molecule has 0 radical (unpaired) electrons. The van der Waals surface area contributed by atoms with Gasteiger partial charge in [0.05, 0.1) is 25.1 Å². The topological polar surface area (TPSA) is 86.2 Å². The number of hydrazone groups is 1. The van der Waals surface area contributed by atoms with Crippen LogP contribution in [0.3, 0.4) is 0 Å². The van der Waals surface area contributed by atoms with Gasteiger partial charge < -0.3 is 14.5 Å². The second-order valence-electron chi connectivity index (χ2n) is 9.02. The molecule has 1 N–H and O–H groups in total. The number of rotatable bonds is 6. The third-order valence-corrected chi connectivity index (χ3v) is 6.68. The number of likely N-dealkylation sites (tertiary alicyclic amines) is 1. The highest BCUT2D eigenvalue weighted by Crippen LogP contribution is 2.33. The fraction of sp³-hybridized carbons (Fsp3) is 0.440. The van der Waals surface area contributed by atoms with Crippen molar-refractivity contribution >= 4 is 23.9 Å². The molecule has 1 aromatic carbocycles. The van der Waals surface area contributed by atoms with Crippen molar-refractivity contribution in [3.63, 3.8) is 0 Å². The van der Waals surface area contributed by atoms with E-state index in [4.69, 9.17) is 14.7 Å². The van der Waals surface area contributed by atoms with Crippen LogP contribution < -0.4 is 10.3 Å². The van der Waals surface area contributed by atoms with Gasteiger partial charge in [-0.1, -0.05) is 36.4 Å². The molecule has 9 nitrogen and oxygen atoms in total. The molecule has 1 aromatic heterocycles. The predicted octanol–water partition coefficient (Wildman–Crippen LogP) is 2.17. The minimum absolute atomic E-state index is 0.00552. The molecule has 34 heavy (non-hydrogen) atoms. The number of carbonyl (C=O) groups is 1. The summed E-state index contributed by atoms with van der Waals surface area (Å²) in [5.41, 5.74) is 7.45. The monoisotopic (exact) mass is 461 g/mol. The van der Waals surface area contributed by atoms with Crippen molar-refractivity contribution < 1.29 is 9.53 Å². The van der Waals surface area contributed by atoms with Gasteiger partial charge in [0.1, 0.15) is 5.82 Å². The van der Waals surface area contributed by atoms with Crippen LogP contribution in [0.5, 0.6) is 0 Å². The summed E-state index contributed by atoms with van der Waals surface area (Å²) in [4.78, 5) is 28.3. The van der Waals surface area contributed by atoms with Crippen molar-refractivity contribution in [3.8, 4) is 0 Å². The molecule has 3 aliphatic rings. The van der Waals surface area contributed by atoms with Gasteiger partial charge in [0.25, 0.3) is 0 Å². The van der Waals surface area contributed by atoms with E-state index in [-0.39, 0.29) is 5.91 Å². The van der Waals surface area contributed by atoms with E-state index in [0.29, 0.717) is 25.2 Å². The third kappa shape index (κ3) is 4.80. The number of nitrogens with one attached hydrogen (secondary N) is 1. The van der Waals surface area contributed by atoms with Crippen molar-refractivity contribution in [1.29, 1.82) is 0 Å². The molecule has 0 saturated carbocycles. The molecule has 5 rings (SSSR count). The van der Waals surface area contributed by atoms with Gasteiger partial charge in [-0.05, 0) is 25.0 Å². The number of morpholine rings is 1. The summed E-state index contributed by atoms with van der Waals surface area (Å²) < 4.78 is 5.56. The zero-order valence-electron chi connectivity index (χ0n) is 19.6. The number of benzene rings is 1. The summed E-state index contributed by atoms with van der Waals surface area (Å²) in [7, 11) is 0. The molecule has 0 bridgehead atoms. The summed E-state index contributed by atoms with van der Waals surface area (Å²) in [6.45, 7) is 11.7. The number of ether oxygens (including phenoxy) is 1. The van der Waals surface area contributed by atoms with E-state index in [2.05, 4.69) is 46.0 Å². The maximum atomic E-state index is 12.0. The lowest BCUT2D eigenvalue weighted by Crippen LogP contribution is -2.38. The van der Waals surface area contributed by atoms with Crippen molar-refractivity contribution in [2.45, 2.75) is 32.5 Å². The second kappa shape index (κ2) is 9.90. The number of amides is 1. The number of carbonyl (C=O) groups excluding carboxylic acids is 1. The van der Waals surface area contributed by atoms with E-state index in [0.717, 1.165) is 62.8 Å². The Morgan fingerprint density at radius 3 is 2.88 bits per heavy atom. The molecule has 0 aliphatic carbocycles. The van der Waals surface area contributed by atoms with E-state index < -0.39 is 0 Å². The van der Waals surface area contributed by atoms with Crippen LogP contribution in [0, 0.1) is 6.92 Å². The Hall–Kier alpha value is -3.30. The summed E-state index contributed by atoms with van der Waals surface area (Å²) in [5.74, 6) is 1.47. The molecule has 2 saturated heterocycles. The Kier molecular flexibility index (Phi) is 6.55. The Morgan fingerprint density at radius 2 is 2.09 bits per heavy atom. The summed E-state index contributed by atoms with van der Waals surface area (Å²) in [6.07, 6.45) is 4.14. The SMILES string of the molecule is C=CC(=O)N1CC[C@H](N2Cc3nc(N/N=C/c4cccc(C)c4)nc(N4CCOCC4)c3C2)C1. The minimum Gasteiger partial charge on any atom is -0.378 e. The summed E-state index contributed by atoms with van der Waals surface area (Å²) in [5, 5.41) is 4.39. The van der Waals surface area contributed by atoms with E-state index in [1.165, 1.54) is 17.2 Å². The number of nitrogens with zero attached hydrogens (tertiary/aromatic N) is 6. The van der Waals surface area contributed by atoms with Crippen LogP contribution in [-0.4, -0.2) is 77.3 Å². The van der Waals surface area contributed by atoms with Gasteiger partial charge in [0.2, 0.25) is 11.9 Å². The molecule has 1 atom stereocenters. The van der Waals surface area contributed by atoms with Crippen LogP contribution in [0.4, 0.5) is 11.8 Å². The summed E-state index contributed by atoms with van der Waals surface area (Å²) in [6, 6.07) is 8.48. The minimum atomic E-state index is 0.00552. The van der Waals surface area contributed by atoms with Gasteiger partial charge in [-0.3, -0.25) is 9.69 Å². The number of aryl methyl sites for hydroxylation is 1. The normalized spacial score (nSPS) is 20.7. The second-order valence-corrected chi connectivity index (χ2v) is 9.02. The Balaban J connectivity index is 1.36. The average Bonchev–Trinajstić information content (AvgIpc) is 3.51. The first-order valence-electron chi connectivity index (χ1n) is 11.8. The Labute approximate surface area is 200 Å².